The van der Waals surface area contributed by atoms with Gasteiger partial charge in [-0.25, -0.2) is 4.98 Å². The van der Waals surface area contributed by atoms with Gasteiger partial charge in [0.15, 0.2) is 0 Å². The molecule has 0 atom stereocenters. The average Bonchev–Trinajstić information content (AvgIpc) is 3.00. The van der Waals surface area contributed by atoms with Gasteiger partial charge in [0.05, 0.1) is 29.3 Å². The molecule has 0 saturated heterocycles. The van der Waals surface area contributed by atoms with Crippen molar-refractivity contribution in [1.29, 1.82) is 5.26 Å². The van der Waals surface area contributed by atoms with Gasteiger partial charge >= 0.3 is 13.3 Å². The highest BCUT2D eigenvalue weighted by Gasteiger charge is 2.34. The van der Waals surface area contributed by atoms with Crippen LogP contribution in [0.1, 0.15) is 16.7 Å². The second kappa shape index (κ2) is 6.26. The van der Waals surface area contributed by atoms with E-state index >= 15 is 0 Å². The quantitative estimate of drug-likeness (QED) is 0.702. The molecule has 0 spiro atoms. The topological polar surface area (TPSA) is 75.4 Å². The Balaban J connectivity index is 1.78. The molecule has 0 unspecified atom stereocenters. The van der Waals surface area contributed by atoms with Crippen LogP contribution in [0.4, 0.5) is 13.2 Å². The molecule has 0 saturated carbocycles. The van der Waals surface area contributed by atoms with E-state index in [4.69, 9.17) is 14.7 Å². The highest BCUT2D eigenvalue weighted by Crippen LogP contribution is 2.37. The van der Waals surface area contributed by atoms with Crippen LogP contribution >= 0.6 is 0 Å². The first-order chi connectivity index (χ1) is 12.8. The zero-order valence-electron chi connectivity index (χ0n) is 13.6. The van der Waals surface area contributed by atoms with Crippen LogP contribution < -0.4 is 10.2 Å². The van der Waals surface area contributed by atoms with Crippen LogP contribution in [0.25, 0.3) is 10.9 Å². The molecule has 3 aromatic rings. The minimum absolute atomic E-state index is 0.0683. The number of fused-ring (bicyclic) bond motifs is 2. The lowest BCUT2D eigenvalue weighted by atomic mass is 9.80. The number of alkyl halides is 3. The number of ether oxygens (including phenoxy) is 1. The summed E-state index contributed by atoms with van der Waals surface area (Å²) in [6, 6.07) is 11.2. The highest BCUT2D eigenvalue weighted by molar-refractivity contribution is 6.61. The van der Waals surface area contributed by atoms with E-state index in [1.165, 1.54) is 18.2 Å². The van der Waals surface area contributed by atoms with E-state index in [0.29, 0.717) is 11.0 Å². The van der Waals surface area contributed by atoms with Crippen LogP contribution in [0.2, 0.25) is 0 Å². The number of aromatic nitrogens is 1. The maximum atomic E-state index is 13.5. The highest BCUT2D eigenvalue weighted by atomic mass is 19.4. The number of rotatable bonds is 2. The van der Waals surface area contributed by atoms with E-state index in [-0.39, 0.29) is 34.7 Å². The van der Waals surface area contributed by atoms with Crippen molar-refractivity contribution < 1.29 is 27.6 Å². The Morgan fingerprint density at radius 1 is 1.19 bits per heavy atom. The number of nitrogens with zero attached hydrogens (tertiary/aromatic N) is 2. The summed E-state index contributed by atoms with van der Waals surface area (Å²) in [6.45, 7) is 0.184. The van der Waals surface area contributed by atoms with Crippen molar-refractivity contribution in [3.63, 3.8) is 0 Å². The molecule has 0 fully saturated rings. The molecular weight excluding hydrogens is 360 g/mol. The third-order valence-electron chi connectivity index (χ3n) is 4.22. The number of pyridine rings is 1. The molecule has 0 radical (unpaired) electrons. The molecule has 1 aliphatic rings. The minimum atomic E-state index is -4.64. The van der Waals surface area contributed by atoms with Crippen LogP contribution in [-0.2, 0) is 17.4 Å². The summed E-state index contributed by atoms with van der Waals surface area (Å²) in [6.07, 6.45) is -4.64. The summed E-state index contributed by atoms with van der Waals surface area (Å²) in [5.74, 6) is 0.0546. The Bertz CT molecular complexity index is 1100. The lowest BCUT2D eigenvalue weighted by molar-refractivity contribution is -0.136. The number of nitriles is 1. The Labute approximate surface area is 151 Å². The van der Waals surface area contributed by atoms with Gasteiger partial charge in [-0.2, -0.15) is 18.4 Å². The van der Waals surface area contributed by atoms with Gasteiger partial charge in [0.1, 0.15) is 5.75 Å². The van der Waals surface area contributed by atoms with Crippen molar-refractivity contribution in [3.05, 3.63) is 59.2 Å². The Kier molecular flexibility index (Phi) is 4.02. The second-order valence-corrected chi connectivity index (χ2v) is 5.98. The van der Waals surface area contributed by atoms with Crippen molar-refractivity contribution >= 4 is 23.5 Å². The van der Waals surface area contributed by atoms with Gasteiger partial charge in [0.2, 0.25) is 5.88 Å². The van der Waals surface area contributed by atoms with Crippen molar-refractivity contribution in [1.82, 2.24) is 4.98 Å². The first-order valence-corrected chi connectivity index (χ1v) is 7.87. The van der Waals surface area contributed by atoms with Crippen LogP contribution in [0.5, 0.6) is 11.6 Å². The standard InChI is InChI=1S/C18H10BF3N2O3/c20-18(21,22)14-7-17(24-16-4-1-10(8-23)5-13(14)16)27-12-2-3-15-11(6-12)9-26-19(15)25/h1-7,25H,9H2. The summed E-state index contributed by atoms with van der Waals surface area (Å²) in [4.78, 5) is 4.12. The predicted octanol–water partition coefficient (Wildman–Crippen LogP) is 3.14. The largest absolute Gasteiger partial charge is 0.491 e. The molecule has 1 aliphatic heterocycles. The first kappa shape index (κ1) is 17.3. The number of hydrogen-bond acceptors (Lipinski definition) is 5. The van der Waals surface area contributed by atoms with E-state index < -0.39 is 18.9 Å². The number of halogens is 3. The molecule has 5 nitrogen and oxygen atoms in total. The molecule has 0 aliphatic carbocycles. The number of benzene rings is 2. The SMILES string of the molecule is N#Cc1ccc2nc(Oc3ccc4c(c3)COB4O)cc(C(F)(F)F)c2c1. The fourth-order valence-corrected chi connectivity index (χ4v) is 2.95. The van der Waals surface area contributed by atoms with Gasteiger partial charge in [-0.1, -0.05) is 6.07 Å². The molecule has 1 N–H and O–H groups in total. The maximum Gasteiger partial charge on any atom is 0.491 e. The van der Waals surface area contributed by atoms with Gasteiger partial charge in [-0.15, -0.1) is 0 Å². The Morgan fingerprint density at radius 2 is 2.00 bits per heavy atom. The Hall–Kier alpha value is -3.09. The van der Waals surface area contributed by atoms with Crippen molar-refractivity contribution in [3.8, 4) is 17.7 Å². The van der Waals surface area contributed by atoms with E-state index in [0.717, 1.165) is 12.1 Å². The molecule has 27 heavy (non-hydrogen) atoms. The van der Waals surface area contributed by atoms with Crippen LogP contribution in [0, 0.1) is 11.3 Å². The molecule has 1 aromatic heterocycles. The summed E-state index contributed by atoms with van der Waals surface area (Å²) >= 11 is 0. The predicted molar refractivity (Wildman–Crippen MR) is 90.4 cm³/mol. The first-order valence-electron chi connectivity index (χ1n) is 7.87. The average molecular weight is 370 g/mol. The normalized spacial score (nSPS) is 13.5. The molecule has 134 valence electrons. The van der Waals surface area contributed by atoms with Crippen LogP contribution in [0.15, 0.2) is 42.5 Å². The van der Waals surface area contributed by atoms with E-state index in [1.807, 2.05) is 6.07 Å². The maximum absolute atomic E-state index is 13.5. The lowest BCUT2D eigenvalue weighted by Gasteiger charge is -2.13. The molecule has 2 aromatic carbocycles. The van der Waals surface area contributed by atoms with E-state index in [9.17, 15) is 18.2 Å². The zero-order valence-corrected chi connectivity index (χ0v) is 13.6. The number of hydrogen-bond donors (Lipinski definition) is 1. The summed E-state index contributed by atoms with van der Waals surface area (Å²) in [7, 11) is -1.01. The molecule has 9 heteroatoms. The van der Waals surface area contributed by atoms with Gasteiger partial charge < -0.3 is 14.4 Å². The summed E-state index contributed by atoms with van der Waals surface area (Å²) < 4.78 is 51.1. The molecule has 0 bridgehead atoms. The third-order valence-corrected chi connectivity index (χ3v) is 4.22. The summed E-state index contributed by atoms with van der Waals surface area (Å²) in [5.41, 5.74) is 0.531. The fraction of sp³-hybridized carbons (Fsp3) is 0.111. The van der Waals surface area contributed by atoms with Gasteiger partial charge in [-0.3, -0.25) is 0 Å². The lowest BCUT2D eigenvalue weighted by Crippen LogP contribution is -2.27. The summed E-state index contributed by atoms with van der Waals surface area (Å²) in [5, 5.41) is 18.4. The molecular formula is C18H10BF3N2O3. The fourth-order valence-electron chi connectivity index (χ4n) is 2.95. The van der Waals surface area contributed by atoms with Crippen LogP contribution in [0.3, 0.4) is 0 Å². The second-order valence-electron chi connectivity index (χ2n) is 5.98. The zero-order chi connectivity index (χ0) is 19.2. The van der Waals surface area contributed by atoms with Gasteiger partial charge in [-0.05, 0) is 41.4 Å². The minimum Gasteiger partial charge on any atom is -0.439 e. The van der Waals surface area contributed by atoms with Crippen LogP contribution in [-0.4, -0.2) is 17.1 Å². The smallest absolute Gasteiger partial charge is 0.439 e. The molecule has 2 heterocycles. The van der Waals surface area contributed by atoms with Gasteiger partial charge in [0.25, 0.3) is 0 Å². The Morgan fingerprint density at radius 3 is 2.74 bits per heavy atom. The molecule has 0 amide bonds. The van der Waals surface area contributed by atoms with Crippen molar-refractivity contribution in [2.75, 3.05) is 0 Å². The van der Waals surface area contributed by atoms with Gasteiger partial charge in [0, 0.05) is 11.5 Å². The van der Waals surface area contributed by atoms with Crippen molar-refractivity contribution in [2.45, 2.75) is 12.8 Å². The van der Waals surface area contributed by atoms with Crippen molar-refractivity contribution in [2.24, 2.45) is 0 Å². The van der Waals surface area contributed by atoms with E-state index in [1.54, 1.807) is 12.1 Å². The third kappa shape index (κ3) is 3.21. The van der Waals surface area contributed by atoms with E-state index in [2.05, 4.69) is 4.98 Å². The molecule has 4 rings (SSSR count). The monoisotopic (exact) mass is 370 g/mol.